The molecule has 2 aromatic carbocycles. The van der Waals surface area contributed by atoms with Crippen molar-refractivity contribution in [2.45, 2.75) is 25.8 Å². The second-order valence-electron chi connectivity index (χ2n) is 7.78. The number of hydrogen-bond acceptors (Lipinski definition) is 4. The van der Waals surface area contributed by atoms with Crippen molar-refractivity contribution in [3.8, 4) is 11.3 Å². The third kappa shape index (κ3) is 3.12. The number of carbonyl (C=O) groups is 1. The highest BCUT2D eigenvalue weighted by molar-refractivity contribution is 5.99. The van der Waals surface area contributed by atoms with Crippen LogP contribution in [-0.2, 0) is 0 Å². The predicted octanol–water partition coefficient (Wildman–Crippen LogP) is 3.77. The monoisotopic (exact) mass is 402 g/mol. The van der Waals surface area contributed by atoms with Crippen LogP contribution in [0.3, 0.4) is 0 Å². The molecule has 2 aromatic heterocycles. The fraction of sp³-hybridized carbons (Fsp3) is 0.261. The van der Waals surface area contributed by atoms with Gasteiger partial charge >= 0.3 is 5.69 Å². The number of aromatic nitrogens is 3. The van der Waals surface area contributed by atoms with Crippen LogP contribution in [0.1, 0.15) is 34.8 Å². The summed E-state index contributed by atoms with van der Waals surface area (Å²) in [5.74, 6) is 0.409. The number of carbonyl (C=O) groups excluding carboxylic acids is 1. The summed E-state index contributed by atoms with van der Waals surface area (Å²) in [6.07, 6.45) is 2.94. The molecule has 7 heteroatoms. The predicted molar refractivity (Wildman–Crippen MR) is 113 cm³/mol. The molecule has 1 saturated heterocycles. The number of hydrogen-bond donors (Lipinski definition) is 1. The molecule has 0 atom stereocenters. The zero-order chi connectivity index (χ0) is 20.7. The van der Waals surface area contributed by atoms with Gasteiger partial charge in [-0.15, -0.1) is 0 Å². The van der Waals surface area contributed by atoms with E-state index < -0.39 is 0 Å². The SMILES string of the molecule is Cc1ccc(-c2oncc2C(=O)N2CCC(n3c(=O)[nH]c4ccccc43)CC2)cc1. The maximum Gasteiger partial charge on any atom is 0.326 e. The Bertz CT molecular complexity index is 1260. The van der Waals surface area contributed by atoms with Crippen molar-refractivity contribution in [2.75, 3.05) is 13.1 Å². The van der Waals surface area contributed by atoms with Gasteiger partial charge in [-0.05, 0) is 31.9 Å². The fourth-order valence-corrected chi connectivity index (χ4v) is 4.24. The van der Waals surface area contributed by atoms with Gasteiger partial charge < -0.3 is 14.4 Å². The first kappa shape index (κ1) is 18.4. The van der Waals surface area contributed by atoms with Crippen molar-refractivity contribution in [3.63, 3.8) is 0 Å². The summed E-state index contributed by atoms with van der Waals surface area (Å²) in [6, 6.07) is 15.6. The number of aryl methyl sites for hydroxylation is 1. The van der Waals surface area contributed by atoms with E-state index in [4.69, 9.17) is 4.52 Å². The van der Waals surface area contributed by atoms with Gasteiger partial charge in [0.05, 0.1) is 17.2 Å². The van der Waals surface area contributed by atoms with Crippen molar-refractivity contribution in [1.29, 1.82) is 0 Å². The molecule has 3 heterocycles. The highest BCUT2D eigenvalue weighted by Crippen LogP contribution is 2.29. The first-order valence-electron chi connectivity index (χ1n) is 10.1. The largest absolute Gasteiger partial charge is 0.355 e. The van der Waals surface area contributed by atoms with Crippen molar-refractivity contribution >= 4 is 16.9 Å². The Balaban J connectivity index is 1.35. The van der Waals surface area contributed by atoms with Crippen LogP contribution < -0.4 is 5.69 Å². The quantitative estimate of drug-likeness (QED) is 0.565. The van der Waals surface area contributed by atoms with Crippen molar-refractivity contribution in [2.24, 2.45) is 0 Å². The van der Waals surface area contributed by atoms with Gasteiger partial charge in [0.15, 0.2) is 5.76 Å². The van der Waals surface area contributed by atoms with Crippen molar-refractivity contribution in [3.05, 3.63) is 76.3 Å². The van der Waals surface area contributed by atoms with E-state index in [1.165, 1.54) is 6.20 Å². The van der Waals surface area contributed by atoms with Gasteiger partial charge in [-0.3, -0.25) is 9.36 Å². The van der Waals surface area contributed by atoms with Crippen LogP contribution in [0, 0.1) is 6.92 Å². The molecular formula is C23H22N4O3. The van der Waals surface area contributed by atoms with E-state index in [2.05, 4.69) is 10.1 Å². The Morgan fingerprint density at radius 2 is 1.83 bits per heavy atom. The molecule has 0 bridgehead atoms. The van der Waals surface area contributed by atoms with Crippen LogP contribution in [0.5, 0.6) is 0 Å². The van der Waals surface area contributed by atoms with E-state index in [1.807, 2.05) is 64.9 Å². The molecule has 0 aliphatic carbocycles. The molecule has 1 aliphatic heterocycles. The van der Waals surface area contributed by atoms with Crippen LogP contribution in [0.4, 0.5) is 0 Å². The minimum Gasteiger partial charge on any atom is -0.355 e. The Hall–Kier alpha value is -3.61. The summed E-state index contributed by atoms with van der Waals surface area (Å²) >= 11 is 0. The van der Waals surface area contributed by atoms with E-state index in [-0.39, 0.29) is 17.6 Å². The minimum atomic E-state index is -0.0957. The zero-order valence-electron chi connectivity index (χ0n) is 16.7. The van der Waals surface area contributed by atoms with Crippen molar-refractivity contribution in [1.82, 2.24) is 19.6 Å². The van der Waals surface area contributed by atoms with E-state index in [1.54, 1.807) is 0 Å². The van der Waals surface area contributed by atoms with Crippen LogP contribution in [-0.4, -0.2) is 38.6 Å². The van der Waals surface area contributed by atoms with Crippen molar-refractivity contribution < 1.29 is 9.32 Å². The van der Waals surface area contributed by atoms with Gasteiger partial charge in [-0.2, -0.15) is 0 Å². The normalized spacial score (nSPS) is 15.0. The standard InChI is InChI=1S/C23H22N4O3/c1-15-6-8-16(9-7-15)21-18(14-24-30-21)22(28)26-12-10-17(11-13-26)27-20-5-3-2-4-19(20)25-23(27)29/h2-9,14,17H,10-13H2,1H3,(H,25,29). The average molecular weight is 402 g/mol. The number of H-pyrrole nitrogens is 1. The van der Waals surface area contributed by atoms with Gasteiger partial charge in [-0.1, -0.05) is 47.1 Å². The molecule has 30 heavy (non-hydrogen) atoms. The van der Waals surface area contributed by atoms with Crippen LogP contribution in [0.15, 0.2) is 64.0 Å². The number of imidazole rings is 1. The molecule has 0 unspecified atom stereocenters. The number of piperidine rings is 1. The smallest absolute Gasteiger partial charge is 0.326 e. The number of nitrogens with one attached hydrogen (secondary N) is 1. The molecule has 5 rings (SSSR count). The van der Waals surface area contributed by atoms with E-state index in [0.29, 0.717) is 24.4 Å². The van der Waals surface area contributed by atoms with E-state index in [0.717, 1.165) is 35.0 Å². The Morgan fingerprint density at radius 3 is 2.60 bits per heavy atom. The van der Waals surface area contributed by atoms with Gasteiger partial charge in [0.1, 0.15) is 5.56 Å². The second-order valence-corrected chi connectivity index (χ2v) is 7.78. The summed E-state index contributed by atoms with van der Waals surface area (Å²) < 4.78 is 7.23. The summed E-state index contributed by atoms with van der Waals surface area (Å²) in [4.78, 5) is 30.4. The van der Waals surface area contributed by atoms with Crippen LogP contribution in [0.2, 0.25) is 0 Å². The lowest BCUT2D eigenvalue weighted by Gasteiger charge is -2.32. The Morgan fingerprint density at radius 1 is 1.10 bits per heavy atom. The lowest BCUT2D eigenvalue weighted by Crippen LogP contribution is -2.40. The molecule has 0 radical (unpaired) electrons. The minimum absolute atomic E-state index is 0.0664. The molecule has 0 saturated carbocycles. The van der Waals surface area contributed by atoms with Gasteiger partial charge in [0.25, 0.3) is 5.91 Å². The van der Waals surface area contributed by atoms with Gasteiger partial charge in [0.2, 0.25) is 0 Å². The average Bonchev–Trinajstić information content (AvgIpc) is 3.38. The summed E-state index contributed by atoms with van der Waals surface area (Å²) in [7, 11) is 0. The zero-order valence-corrected chi connectivity index (χ0v) is 16.7. The third-order valence-corrected chi connectivity index (χ3v) is 5.86. The first-order valence-corrected chi connectivity index (χ1v) is 10.1. The fourth-order valence-electron chi connectivity index (χ4n) is 4.24. The highest BCUT2D eigenvalue weighted by atomic mass is 16.5. The molecular weight excluding hydrogens is 380 g/mol. The van der Waals surface area contributed by atoms with Gasteiger partial charge in [0, 0.05) is 24.7 Å². The number of likely N-dealkylation sites (tertiary alicyclic amines) is 1. The summed E-state index contributed by atoms with van der Waals surface area (Å²) in [5, 5.41) is 3.87. The molecule has 1 N–H and O–H groups in total. The van der Waals surface area contributed by atoms with E-state index >= 15 is 0 Å². The topological polar surface area (TPSA) is 84.1 Å². The van der Waals surface area contributed by atoms with E-state index in [9.17, 15) is 9.59 Å². The molecule has 4 aromatic rings. The molecule has 1 amide bonds. The van der Waals surface area contributed by atoms with Crippen LogP contribution >= 0.6 is 0 Å². The Labute approximate surface area is 172 Å². The van der Waals surface area contributed by atoms with Crippen LogP contribution in [0.25, 0.3) is 22.4 Å². The maximum atomic E-state index is 13.1. The number of benzene rings is 2. The summed E-state index contributed by atoms with van der Waals surface area (Å²) in [6.45, 7) is 3.17. The molecule has 7 nitrogen and oxygen atoms in total. The number of amides is 1. The third-order valence-electron chi connectivity index (χ3n) is 5.86. The molecule has 0 spiro atoms. The number of rotatable bonds is 3. The lowest BCUT2D eigenvalue weighted by molar-refractivity contribution is 0.0695. The van der Waals surface area contributed by atoms with Gasteiger partial charge in [-0.25, -0.2) is 4.79 Å². The number of para-hydroxylation sites is 2. The summed E-state index contributed by atoms with van der Waals surface area (Å²) in [5.41, 5.74) is 4.10. The Kier molecular flexibility index (Phi) is 4.50. The second kappa shape index (κ2) is 7.33. The number of nitrogens with zero attached hydrogens (tertiary/aromatic N) is 3. The molecule has 152 valence electrons. The number of fused-ring (bicyclic) bond motifs is 1. The first-order chi connectivity index (χ1) is 14.6. The maximum absolute atomic E-state index is 13.1. The lowest BCUT2D eigenvalue weighted by atomic mass is 10.0. The molecule has 1 aliphatic rings. The number of aromatic amines is 1. The highest BCUT2D eigenvalue weighted by Gasteiger charge is 2.29. The molecule has 1 fully saturated rings.